The Kier molecular flexibility index (Phi) is 3.91. The summed E-state index contributed by atoms with van der Waals surface area (Å²) >= 11 is 1.74. The molecule has 1 spiro atoms. The van der Waals surface area contributed by atoms with E-state index in [9.17, 15) is 0 Å². The predicted molar refractivity (Wildman–Crippen MR) is 76.2 cm³/mol. The summed E-state index contributed by atoms with van der Waals surface area (Å²) in [6.45, 7) is 5.54. The fourth-order valence-electron chi connectivity index (χ4n) is 3.22. The lowest BCUT2D eigenvalue weighted by atomic mass is 9.96. The van der Waals surface area contributed by atoms with Crippen LogP contribution in [0.1, 0.15) is 31.4 Å². The van der Waals surface area contributed by atoms with E-state index in [1.54, 1.807) is 11.3 Å². The first-order valence-electron chi connectivity index (χ1n) is 7.00. The molecule has 4 nitrogen and oxygen atoms in total. The minimum absolute atomic E-state index is 0.133. The molecule has 0 bridgehead atoms. The van der Waals surface area contributed by atoms with Gasteiger partial charge in [-0.15, -0.1) is 0 Å². The van der Waals surface area contributed by atoms with Gasteiger partial charge < -0.3 is 15.2 Å². The minimum atomic E-state index is -0.298. The van der Waals surface area contributed by atoms with Crippen LogP contribution in [0.2, 0.25) is 0 Å². The number of piperidine rings is 1. The zero-order chi connectivity index (χ0) is 13.3. The molecule has 2 atom stereocenters. The SMILES string of the molecule is CC(N)C(c1ccsc1)N1CCC2(CC1)OCCO2. The van der Waals surface area contributed by atoms with Gasteiger partial charge in [0.15, 0.2) is 5.79 Å². The van der Waals surface area contributed by atoms with Crippen molar-refractivity contribution in [3.05, 3.63) is 22.4 Å². The maximum Gasteiger partial charge on any atom is 0.170 e. The Bertz CT molecular complexity index is 392. The molecule has 2 saturated heterocycles. The number of thiophene rings is 1. The zero-order valence-corrected chi connectivity index (χ0v) is 12.2. The normalized spacial score (nSPS) is 26.6. The Balaban J connectivity index is 1.68. The largest absolute Gasteiger partial charge is 0.347 e. The lowest BCUT2D eigenvalue weighted by Gasteiger charge is -2.42. The van der Waals surface area contributed by atoms with Crippen molar-refractivity contribution in [3.63, 3.8) is 0 Å². The van der Waals surface area contributed by atoms with E-state index in [4.69, 9.17) is 15.2 Å². The Hall–Kier alpha value is -0.460. The van der Waals surface area contributed by atoms with E-state index in [-0.39, 0.29) is 11.8 Å². The van der Waals surface area contributed by atoms with Gasteiger partial charge >= 0.3 is 0 Å². The highest BCUT2D eigenvalue weighted by molar-refractivity contribution is 7.07. The first kappa shape index (κ1) is 13.5. The molecular weight excluding hydrogens is 260 g/mol. The van der Waals surface area contributed by atoms with Crippen LogP contribution in [0, 0.1) is 0 Å². The molecule has 3 heterocycles. The van der Waals surface area contributed by atoms with Crippen LogP contribution >= 0.6 is 11.3 Å². The highest BCUT2D eigenvalue weighted by atomic mass is 32.1. The Morgan fingerprint density at radius 3 is 2.53 bits per heavy atom. The molecule has 0 radical (unpaired) electrons. The van der Waals surface area contributed by atoms with Crippen molar-refractivity contribution in [1.29, 1.82) is 0 Å². The Morgan fingerprint density at radius 1 is 1.32 bits per heavy atom. The fraction of sp³-hybridized carbons (Fsp3) is 0.714. The first-order valence-corrected chi connectivity index (χ1v) is 7.94. The second kappa shape index (κ2) is 5.50. The molecule has 1 aromatic rings. The molecule has 0 aliphatic carbocycles. The lowest BCUT2D eigenvalue weighted by Crippen LogP contribution is -2.49. The monoisotopic (exact) mass is 282 g/mol. The van der Waals surface area contributed by atoms with Crippen LogP contribution in [0.5, 0.6) is 0 Å². The first-order chi connectivity index (χ1) is 9.20. The van der Waals surface area contributed by atoms with E-state index in [2.05, 4.69) is 28.7 Å². The van der Waals surface area contributed by atoms with Crippen LogP contribution in [0.4, 0.5) is 0 Å². The molecule has 0 amide bonds. The van der Waals surface area contributed by atoms with Crippen molar-refractivity contribution in [2.24, 2.45) is 5.73 Å². The van der Waals surface area contributed by atoms with Crippen molar-refractivity contribution < 1.29 is 9.47 Å². The molecule has 19 heavy (non-hydrogen) atoms. The minimum Gasteiger partial charge on any atom is -0.347 e. The molecule has 5 heteroatoms. The highest BCUT2D eigenvalue weighted by Crippen LogP contribution is 2.35. The van der Waals surface area contributed by atoms with Crippen LogP contribution in [-0.4, -0.2) is 43.0 Å². The highest BCUT2D eigenvalue weighted by Gasteiger charge is 2.41. The Labute approximate surface area is 118 Å². The molecule has 106 valence electrons. The van der Waals surface area contributed by atoms with Gasteiger partial charge in [0.2, 0.25) is 0 Å². The molecule has 3 rings (SSSR count). The maximum absolute atomic E-state index is 6.20. The van der Waals surface area contributed by atoms with E-state index in [1.165, 1.54) is 5.56 Å². The smallest absolute Gasteiger partial charge is 0.170 e. The number of rotatable bonds is 3. The summed E-state index contributed by atoms with van der Waals surface area (Å²) in [4.78, 5) is 2.48. The number of ether oxygens (including phenoxy) is 2. The molecule has 0 saturated carbocycles. The van der Waals surface area contributed by atoms with Gasteiger partial charge in [-0.2, -0.15) is 11.3 Å². The van der Waals surface area contributed by atoms with E-state index in [0.29, 0.717) is 6.04 Å². The lowest BCUT2D eigenvalue weighted by molar-refractivity contribution is -0.188. The number of nitrogens with two attached hydrogens (primary N) is 1. The van der Waals surface area contributed by atoms with Crippen molar-refractivity contribution >= 4 is 11.3 Å². The second-order valence-corrected chi connectivity index (χ2v) is 6.28. The molecule has 1 aromatic heterocycles. The molecule has 2 unspecified atom stereocenters. The van der Waals surface area contributed by atoms with Crippen molar-refractivity contribution in [1.82, 2.24) is 4.90 Å². The van der Waals surface area contributed by atoms with Crippen molar-refractivity contribution in [3.8, 4) is 0 Å². The van der Waals surface area contributed by atoms with E-state index in [0.717, 1.165) is 39.1 Å². The molecule has 2 fully saturated rings. The average molecular weight is 282 g/mol. The molecule has 2 N–H and O–H groups in total. The summed E-state index contributed by atoms with van der Waals surface area (Å²) in [5, 5.41) is 4.33. The van der Waals surface area contributed by atoms with Crippen LogP contribution in [0.25, 0.3) is 0 Å². The van der Waals surface area contributed by atoms with Crippen LogP contribution in [0.3, 0.4) is 0 Å². The van der Waals surface area contributed by atoms with Crippen molar-refractivity contribution in [2.45, 2.75) is 37.6 Å². The molecular formula is C14H22N2O2S. The molecule has 2 aliphatic rings. The third kappa shape index (κ3) is 2.71. The second-order valence-electron chi connectivity index (χ2n) is 5.50. The van der Waals surface area contributed by atoms with Gasteiger partial charge in [-0.3, -0.25) is 4.90 Å². The maximum atomic E-state index is 6.20. The summed E-state index contributed by atoms with van der Waals surface area (Å²) in [5.74, 6) is -0.298. The standard InChI is InChI=1S/C14H22N2O2S/c1-11(15)13(12-2-9-19-10-12)16-5-3-14(4-6-16)17-7-8-18-14/h2,9-11,13H,3-8,15H2,1H3. The zero-order valence-electron chi connectivity index (χ0n) is 11.4. The number of hydrogen-bond acceptors (Lipinski definition) is 5. The number of hydrogen-bond donors (Lipinski definition) is 1. The predicted octanol–water partition coefficient (Wildman–Crippen LogP) is 1.98. The fourth-order valence-corrected chi connectivity index (χ4v) is 3.91. The van der Waals surface area contributed by atoms with Gasteiger partial charge in [0.1, 0.15) is 0 Å². The van der Waals surface area contributed by atoms with Gasteiger partial charge in [0.05, 0.1) is 19.3 Å². The van der Waals surface area contributed by atoms with Crippen LogP contribution in [-0.2, 0) is 9.47 Å². The van der Waals surface area contributed by atoms with Gasteiger partial charge in [-0.1, -0.05) is 0 Å². The third-order valence-corrected chi connectivity index (χ3v) is 4.85. The quantitative estimate of drug-likeness (QED) is 0.921. The molecule has 0 aromatic carbocycles. The van der Waals surface area contributed by atoms with Gasteiger partial charge in [-0.05, 0) is 29.3 Å². The van der Waals surface area contributed by atoms with E-state index < -0.39 is 0 Å². The Morgan fingerprint density at radius 2 is 2.00 bits per heavy atom. The molecule has 2 aliphatic heterocycles. The number of likely N-dealkylation sites (tertiary alicyclic amines) is 1. The summed E-state index contributed by atoms with van der Waals surface area (Å²) in [5.41, 5.74) is 7.54. The van der Waals surface area contributed by atoms with Crippen molar-refractivity contribution in [2.75, 3.05) is 26.3 Å². The van der Waals surface area contributed by atoms with E-state index in [1.807, 2.05) is 0 Å². The summed E-state index contributed by atoms with van der Waals surface area (Å²) in [7, 11) is 0. The number of nitrogens with zero attached hydrogens (tertiary/aromatic N) is 1. The van der Waals surface area contributed by atoms with Crippen LogP contribution in [0.15, 0.2) is 16.8 Å². The van der Waals surface area contributed by atoms with Gasteiger partial charge in [0, 0.05) is 32.0 Å². The average Bonchev–Trinajstić information content (AvgIpc) is 3.04. The van der Waals surface area contributed by atoms with Crippen LogP contribution < -0.4 is 5.73 Å². The summed E-state index contributed by atoms with van der Waals surface area (Å²) in [6.07, 6.45) is 1.89. The van der Waals surface area contributed by atoms with E-state index >= 15 is 0 Å². The third-order valence-electron chi connectivity index (χ3n) is 4.15. The summed E-state index contributed by atoms with van der Waals surface area (Å²) in [6, 6.07) is 2.63. The van der Waals surface area contributed by atoms with Gasteiger partial charge in [0.25, 0.3) is 0 Å². The van der Waals surface area contributed by atoms with Gasteiger partial charge in [-0.25, -0.2) is 0 Å². The summed E-state index contributed by atoms with van der Waals surface area (Å²) < 4.78 is 11.6. The topological polar surface area (TPSA) is 47.7 Å².